The molecule has 2 saturated heterocycles. The van der Waals surface area contributed by atoms with E-state index in [4.69, 9.17) is 14.2 Å². The lowest BCUT2D eigenvalue weighted by Gasteiger charge is -2.13. The fraction of sp³-hybridized carbons (Fsp3) is 0.875. The van der Waals surface area contributed by atoms with Gasteiger partial charge >= 0.3 is 5.97 Å². The van der Waals surface area contributed by atoms with E-state index in [1.807, 2.05) is 0 Å². The first-order valence-electron chi connectivity index (χ1n) is 4.29. The molecule has 2 rings (SSSR count). The van der Waals surface area contributed by atoms with Crippen LogP contribution in [0.25, 0.3) is 0 Å². The Morgan fingerprint density at radius 1 is 1.62 bits per heavy atom. The number of fused-ring (bicyclic) bond motifs is 1. The molecule has 4 atom stereocenters. The summed E-state index contributed by atoms with van der Waals surface area (Å²) in [4.78, 5) is 10.6. The van der Waals surface area contributed by atoms with Crippen LogP contribution in [0.2, 0.25) is 0 Å². The van der Waals surface area contributed by atoms with Crippen molar-refractivity contribution in [2.24, 2.45) is 0 Å². The van der Waals surface area contributed by atoms with Gasteiger partial charge in [-0.2, -0.15) is 0 Å². The lowest BCUT2D eigenvalue weighted by molar-refractivity contribution is -0.177. The summed E-state index contributed by atoms with van der Waals surface area (Å²) in [6.07, 6.45) is -1.09. The topological polar surface area (TPSA) is 65.0 Å². The van der Waals surface area contributed by atoms with E-state index in [1.54, 1.807) is 0 Å². The van der Waals surface area contributed by atoms with E-state index < -0.39 is 12.4 Å². The van der Waals surface area contributed by atoms with Gasteiger partial charge in [0.2, 0.25) is 6.29 Å². The third-order valence-electron chi connectivity index (χ3n) is 2.26. The summed E-state index contributed by atoms with van der Waals surface area (Å²) >= 11 is 0. The molecule has 0 spiro atoms. The van der Waals surface area contributed by atoms with Crippen LogP contribution in [0, 0.1) is 0 Å². The minimum atomic E-state index is -0.592. The van der Waals surface area contributed by atoms with Gasteiger partial charge in [-0.15, -0.1) is 0 Å². The first-order valence-corrected chi connectivity index (χ1v) is 4.29. The van der Waals surface area contributed by atoms with Gasteiger partial charge in [0, 0.05) is 13.3 Å². The average molecular weight is 188 g/mol. The fourth-order valence-corrected chi connectivity index (χ4v) is 1.72. The summed E-state index contributed by atoms with van der Waals surface area (Å²) in [5.74, 6) is -0.375. The molecular formula is C8H12O5. The minimum absolute atomic E-state index is 0.126. The number of hydrogen-bond donors (Lipinski definition) is 1. The van der Waals surface area contributed by atoms with Gasteiger partial charge < -0.3 is 19.3 Å². The highest BCUT2D eigenvalue weighted by Crippen LogP contribution is 2.31. The van der Waals surface area contributed by atoms with Crippen molar-refractivity contribution >= 4 is 5.97 Å². The molecule has 2 fully saturated rings. The van der Waals surface area contributed by atoms with Crippen molar-refractivity contribution in [1.29, 1.82) is 0 Å². The van der Waals surface area contributed by atoms with Crippen LogP contribution in [0.1, 0.15) is 13.3 Å². The van der Waals surface area contributed by atoms with Crippen molar-refractivity contribution in [1.82, 2.24) is 0 Å². The molecule has 74 valence electrons. The number of rotatable bonds is 1. The standard InChI is InChI=1S/C8H12O5/c1-4(9)12-7-2-6-8(13-7)5(10)3-11-6/h5-8,10H,2-3H2,1H3/t5-,6+,7-,8-/m1/s1. The molecule has 5 heteroatoms. The van der Waals surface area contributed by atoms with Crippen molar-refractivity contribution < 1.29 is 24.1 Å². The molecule has 0 amide bonds. The third kappa shape index (κ3) is 1.67. The van der Waals surface area contributed by atoms with Crippen LogP contribution in [-0.4, -0.2) is 42.3 Å². The molecule has 5 nitrogen and oxygen atoms in total. The first kappa shape index (κ1) is 8.93. The lowest BCUT2D eigenvalue weighted by Crippen LogP contribution is -2.28. The highest BCUT2D eigenvalue weighted by molar-refractivity contribution is 5.66. The van der Waals surface area contributed by atoms with E-state index >= 15 is 0 Å². The predicted octanol–water partition coefficient (Wildman–Crippen LogP) is -0.576. The number of aliphatic hydroxyl groups is 1. The van der Waals surface area contributed by atoms with Crippen LogP contribution in [0.4, 0.5) is 0 Å². The normalized spacial score (nSPS) is 43.2. The SMILES string of the molecule is CC(=O)O[C@H]1C[C@@H]2OC[C@@H](O)[C@H]2O1. The number of aliphatic hydroxyl groups excluding tert-OH is 1. The Balaban J connectivity index is 1.91. The maximum Gasteiger partial charge on any atom is 0.304 e. The van der Waals surface area contributed by atoms with Crippen molar-refractivity contribution in [2.75, 3.05) is 6.61 Å². The zero-order valence-corrected chi connectivity index (χ0v) is 7.30. The van der Waals surface area contributed by atoms with Gasteiger partial charge in [0.25, 0.3) is 0 Å². The van der Waals surface area contributed by atoms with Gasteiger partial charge in [-0.25, -0.2) is 0 Å². The van der Waals surface area contributed by atoms with Gasteiger partial charge in [-0.05, 0) is 0 Å². The molecule has 0 aromatic carbocycles. The van der Waals surface area contributed by atoms with Gasteiger partial charge in [0.15, 0.2) is 0 Å². The summed E-state index contributed by atoms with van der Waals surface area (Å²) in [6, 6.07) is 0. The molecule has 0 aromatic rings. The van der Waals surface area contributed by atoms with Crippen molar-refractivity contribution in [3.8, 4) is 0 Å². The largest absolute Gasteiger partial charge is 0.436 e. The zero-order chi connectivity index (χ0) is 9.42. The Kier molecular flexibility index (Phi) is 2.23. The second-order valence-electron chi connectivity index (χ2n) is 3.31. The van der Waals surface area contributed by atoms with Crippen LogP contribution in [-0.2, 0) is 19.0 Å². The maximum atomic E-state index is 10.6. The highest BCUT2D eigenvalue weighted by Gasteiger charge is 2.46. The van der Waals surface area contributed by atoms with Gasteiger partial charge in [-0.1, -0.05) is 0 Å². The summed E-state index contributed by atoms with van der Waals surface area (Å²) in [5, 5.41) is 9.36. The Labute approximate surface area is 75.6 Å². The molecule has 2 aliphatic rings. The second-order valence-corrected chi connectivity index (χ2v) is 3.31. The predicted molar refractivity (Wildman–Crippen MR) is 40.8 cm³/mol. The van der Waals surface area contributed by atoms with Crippen LogP contribution < -0.4 is 0 Å². The van der Waals surface area contributed by atoms with Crippen LogP contribution in [0.3, 0.4) is 0 Å². The summed E-state index contributed by atoms with van der Waals surface area (Å²) in [7, 11) is 0. The molecule has 1 N–H and O–H groups in total. The molecule has 2 heterocycles. The van der Waals surface area contributed by atoms with E-state index in [0.717, 1.165) is 0 Å². The molecule has 0 radical (unpaired) electrons. The van der Waals surface area contributed by atoms with Gasteiger partial charge in [0.05, 0.1) is 12.7 Å². The molecule has 0 saturated carbocycles. The Morgan fingerprint density at radius 2 is 2.38 bits per heavy atom. The Hall–Kier alpha value is -0.650. The van der Waals surface area contributed by atoms with Gasteiger partial charge in [-0.3, -0.25) is 4.79 Å². The lowest BCUT2D eigenvalue weighted by atomic mass is 10.1. The van der Waals surface area contributed by atoms with Crippen molar-refractivity contribution in [2.45, 2.75) is 37.9 Å². The molecule has 2 aliphatic heterocycles. The van der Waals surface area contributed by atoms with E-state index in [0.29, 0.717) is 13.0 Å². The monoisotopic (exact) mass is 188 g/mol. The van der Waals surface area contributed by atoms with E-state index in [2.05, 4.69) is 0 Å². The summed E-state index contributed by atoms with van der Waals surface area (Å²) in [5.41, 5.74) is 0. The number of esters is 1. The highest BCUT2D eigenvalue weighted by atomic mass is 16.7. The molecule has 13 heavy (non-hydrogen) atoms. The zero-order valence-electron chi connectivity index (χ0n) is 7.30. The summed E-state index contributed by atoms with van der Waals surface area (Å²) in [6.45, 7) is 1.64. The quantitative estimate of drug-likeness (QED) is 0.558. The number of ether oxygens (including phenoxy) is 3. The third-order valence-corrected chi connectivity index (χ3v) is 2.26. The Bertz CT molecular complexity index is 217. The smallest absolute Gasteiger partial charge is 0.304 e. The minimum Gasteiger partial charge on any atom is -0.436 e. The van der Waals surface area contributed by atoms with Crippen molar-refractivity contribution in [3.05, 3.63) is 0 Å². The Morgan fingerprint density at radius 3 is 3.00 bits per heavy atom. The maximum absolute atomic E-state index is 10.6. The van der Waals surface area contributed by atoms with E-state index in [-0.39, 0.29) is 18.2 Å². The van der Waals surface area contributed by atoms with E-state index in [9.17, 15) is 9.90 Å². The average Bonchev–Trinajstić information content (AvgIpc) is 2.53. The summed E-state index contributed by atoms with van der Waals surface area (Å²) < 4.78 is 15.4. The molecule has 0 unspecified atom stereocenters. The fourth-order valence-electron chi connectivity index (χ4n) is 1.72. The number of hydrogen-bond acceptors (Lipinski definition) is 5. The van der Waals surface area contributed by atoms with Crippen LogP contribution in [0.5, 0.6) is 0 Å². The van der Waals surface area contributed by atoms with Crippen LogP contribution in [0.15, 0.2) is 0 Å². The van der Waals surface area contributed by atoms with E-state index in [1.165, 1.54) is 6.92 Å². The molecule has 0 aliphatic carbocycles. The second kappa shape index (κ2) is 3.25. The number of carbonyl (C=O) groups is 1. The van der Waals surface area contributed by atoms with Gasteiger partial charge in [0.1, 0.15) is 12.2 Å². The molecular weight excluding hydrogens is 176 g/mol. The first-order chi connectivity index (χ1) is 6.16. The molecule has 0 bridgehead atoms. The van der Waals surface area contributed by atoms with Crippen molar-refractivity contribution in [3.63, 3.8) is 0 Å². The number of carbonyl (C=O) groups excluding carboxylic acids is 1. The van der Waals surface area contributed by atoms with Crippen LogP contribution >= 0.6 is 0 Å². The molecule has 0 aromatic heterocycles.